The smallest absolute Gasteiger partial charge is 0.271 e. The van der Waals surface area contributed by atoms with Crippen LogP contribution in [0.15, 0.2) is 47.8 Å². The molecule has 8 nitrogen and oxygen atoms in total. The highest BCUT2D eigenvalue weighted by Crippen LogP contribution is 2.23. The molecular weight excluding hydrogens is 451 g/mol. The minimum Gasteiger partial charge on any atom is -0.318 e. The quantitative estimate of drug-likeness (QED) is 0.306. The molecular formula is C21H19FN6O2S2. The van der Waals surface area contributed by atoms with Gasteiger partial charge in [-0.2, -0.15) is 5.10 Å². The summed E-state index contributed by atoms with van der Waals surface area (Å²) < 4.78 is 17.0. The molecule has 2 amide bonds. The van der Waals surface area contributed by atoms with Gasteiger partial charge in [0, 0.05) is 17.1 Å². The Morgan fingerprint density at radius 1 is 1.19 bits per heavy atom. The van der Waals surface area contributed by atoms with Crippen molar-refractivity contribution in [1.29, 1.82) is 0 Å². The number of rotatable bonds is 5. The van der Waals surface area contributed by atoms with Gasteiger partial charge in [0.1, 0.15) is 12.4 Å². The van der Waals surface area contributed by atoms with Crippen LogP contribution in [0.4, 0.5) is 4.39 Å². The van der Waals surface area contributed by atoms with Crippen molar-refractivity contribution in [1.82, 2.24) is 30.2 Å². The minimum atomic E-state index is -0.464. The molecule has 3 heterocycles. The summed E-state index contributed by atoms with van der Waals surface area (Å²) in [5.41, 5.74) is 7.46. The van der Waals surface area contributed by atoms with Crippen molar-refractivity contribution in [2.75, 3.05) is 0 Å². The standard InChI is InChI=1S/C21H19FN6O2S2/c1-12-10-16(13(2)28(12)15-7-5-14(22)6-8-15)20(30)25-23-18(29)11-27-19(24-26-21(27)31)17-4-3-9-32-17/h3-10H,11H2,1-2H3,(H,23,29)(H,25,30)(H,26,31). The number of halogens is 1. The minimum absolute atomic E-state index is 0.114. The zero-order chi connectivity index (χ0) is 22.8. The lowest BCUT2D eigenvalue weighted by Crippen LogP contribution is -2.43. The van der Waals surface area contributed by atoms with Crippen LogP contribution < -0.4 is 10.9 Å². The Morgan fingerprint density at radius 2 is 1.94 bits per heavy atom. The maximum atomic E-state index is 13.3. The summed E-state index contributed by atoms with van der Waals surface area (Å²) in [6, 6.07) is 11.5. The van der Waals surface area contributed by atoms with Gasteiger partial charge in [0.2, 0.25) is 0 Å². The van der Waals surface area contributed by atoms with Crippen LogP contribution in [-0.4, -0.2) is 31.1 Å². The Labute approximate surface area is 191 Å². The van der Waals surface area contributed by atoms with Crippen molar-refractivity contribution in [2.24, 2.45) is 0 Å². The molecule has 3 aromatic heterocycles. The number of benzene rings is 1. The first-order valence-electron chi connectivity index (χ1n) is 9.58. The first-order valence-corrected chi connectivity index (χ1v) is 10.9. The van der Waals surface area contributed by atoms with Crippen LogP contribution in [0.1, 0.15) is 21.7 Å². The van der Waals surface area contributed by atoms with Crippen molar-refractivity contribution in [3.63, 3.8) is 0 Å². The summed E-state index contributed by atoms with van der Waals surface area (Å²) in [5, 5.41) is 8.76. The second kappa shape index (κ2) is 8.89. The number of hydrogen-bond donors (Lipinski definition) is 3. The Morgan fingerprint density at radius 3 is 2.62 bits per heavy atom. The molecule has 164 valence electrons. The van der Waals surface area contributed by atoms with Crippen molar-refractivity contribution >= 4 is 35.4 Å². The molecule has 0 aliphatic heterocycles. The first-order chi connectivity index (χ1) is 15.3. The predicted octanol–water partition coefficient (Wildman–Crippen LogP) is 3.68. The van der Waals surface area contributed by atoms with Gasteiger partial charge >= 0.3 is 0 Å². The normalized spacial score (nSPS) is 10.8. The van der Waals surface area contributed by atoms with Gasteiger partial charge in [-0.15, -0.1) is 11.3 Å². The van der Waals surface area contributed by atoms with Gasteiger partial charge in [-0.25, -0.2) is 4.39 Å². The summed E-state index contributed by atoms with van der Waals surface area (Å²) in [7, 11) is 0. The van der Waals surface area contributed by atoms with Crippen LogP contribution in [-0.2, 0) is 11.3 Å². The van der Waals surface area contributed by atoms with E-state index in [1.165, 1.54) is 23.5 Å². The van der Waals surface area contributed by atoms with Gasteiger partial charge in [-0.05, 0) is 67.8 Å². The predicted molar refractivity (Wildman–Crippen MR) is 122 cm³/mol. The van der Waals surface area contributed by atoms with Crippen LogP contribution in [0.3, 0.4) is 0 Å². The van der Waals surface area contributed by atoms with Crippen LogP contribution in [0.2, 0.25) is 0 Å². The van der Waals surface area contributed by atoms with Crippen molar-refractivity contribution in [3.05, 3.63) is 75.4 Å². The third-order valence-electron chi connectivity index (χ3n) is 4.88. The zero-order valence-electron chi connectivity index (χ0n) is 17.2. The highest BCUT2D eigenvalue weighted by molar-refractivity contribution is 7.71. The molecule has 0 aliphatic carbocycles. The monoisotopic (exact) mass is 470 g/mol. The van der Waals surface area contributed by atoms with Gasteiger partial charge in [-0.3, -0.25) is 30.1 Å². The maximum absolute atomic E-state index is 13.3. The number of aromatic amines is 1. The SMILES string of the molecule is Cc1cc(C(=O)NNC(=O)Cn2c(-c3cccs3)n[nH]c2=S)c(C)n1-c1ccc(F)cc1. The number of hydrogen-bond acceptors (Lipinski definition) is 5. The number of hydrazine groups is 1. The summed E-state index contributed by atoms with van der Waals surface area (Å²) in [6.45, 7) is 3.51. The Hall–Kier alpha value is -3.57. The van der Waals surface area contributed by atoms with Crippen LogP contribution in [0, 0.1) is 24.4 Å². The Balaban J connectivity index is 1.45. The number of nitrogens with one attached hydrogen (secondary N) is 3. The van der Waals surface area contributed by atoms with Crippen LogP contribution in [0.5, 0.6) is 0 Å². The summed E-state index contributed by atoms with van der Waals surface area (Å²) in [5.74, 6) is -0.707. The lowest BCUT2D eigenvalue weighted by Gasteiger charge is -2.11. The van der Waals surface area contributed by atoms with Gasteiger partial charge in [-0.1, -0.05) is 6.07 Å². The number of amides is 2. The molecule has 11 heteroatoms. The highest BCUT2D eigenvalue weighted by Gasteiger charge is 2.18. The Kier molecular flexibility index (Phi) is 6.01. The van der Waals surface area contributed by atoms with Crippen LogP contribution >= 0.6 is 23.6 Å². The lowest BCUT2D eigenvalue weighted by atomic mass is 10.2. The lowest BCUT2D eigenvalue weighted by molar-refractivity contribution is -0.122. The second-order valence-electron chi connectivity index (χ2n) is 7.01. The van der Waals surface area contributed by atoms with Crippen LogP contribution in [0.25, 0.3) is 16.4 Å². The fourth-order valence-electron chi connectivity index (χ4n) is 3.42. The first kappa shape index (κ1) is 21.7. The molecule has 0 unspecified atom stereocenters. The van der Waals surface area contributed by atoms with E-state index in [1.54, 1.807) is 29.7 Å². The number of carbonyl (C=O) groups excluding carboxylic acids is 2. The molecule has 0 bridgehead atoms. The molecule has 4 rings (SSSR count). The molecule has 0 spiro atoms. The third-order valence-corrected chi connectivity index (χ3v) is 6.06. The number of H-pyrrole nitrogens is 1. The molecule has 4 aromatic rings. The molecule has 32 heavy (non-hydrogen) atoms. The molecule has 1 aromatic carbocycles. The summed E-state index contributed by atoms with van der Waals surface area (Å²) >= 11 is 6.70. The molecule has 0 fully saturated rings. The van der Waals surface area contributed by atoms with E-state index in [4.69, 9.17) is 12.2 Å². The second-order valence-corrected chi connectivity index (χ2v) is 8.35. The van der Waals surface area contributed by atoms with E-state index < -0.39 is 11.8 Å². The van der Waals surface area contributed by atoms with Crippen molar-refractivity contribution < 1.29 is 14.0 Å². The third kappa shape index (κ3) is 4.25. The zero-order valence-corrected chi connectivity index (χ0v) is 18.8. The van der Waals surface area contributed by atoms with Gasteiger partial charge in [0.15, 0.2) is 10.6 Å². The van der Waals surface area contributed by atoms with Crippen molar-refractivity contribution in [3.8, 4) is 16.4 Å². The number of carbonyl (C=O) groups is 2. The fourth-order valence-corrected chi connectivity index (χ4v) is 4.33. The average molecular weight is 471 g/mol. The van der Waals surface area contributed by atoms with E-state index in [0.717, 1.165) is 16.3 Å². The number of thiophene rings is 1. The maximum Gasteiger partial charge on any atom is 0.271 e. The van der Waals surface area contributed by atoms with E-state index in [0.29, 0.717) is 21.9 Å². The topological polar surface area (TPSA) is 96.7 Å². The summed E-state index contributed by atoms with van der Waals surface area (Å²) in [6.07, 6.45) is 0. The highest BCUT2D eigenvalue weighted by atomic mass is 32.1. The molecule has 0 saturated heterocycles. The van der Waals surface area contributed by atoms with Gasteiger partial charge in [0.05, 0.1) is 10.4 Å². The Bertz CT molecular complexity index is 1340. The average Bonchev–Trinajstić information content (AvgIpc) is 3.48. The molecule has 0 aliphatic rings. The van der Waals surface area contributed by atoms with Gasteiger partial charge in [0.25, 0.3) is 11.8 Å². The number of aryl methyl sites for hydroxylation is 1. The molecule has 0 saturated carbocycles. The molecule has 3 N–H and O–H groups in total. The van der Waals surface area contributed by atoms with E-state index in [-0.39, 0.29) is 12.4 Å². The molecule has 0 atom stereocenters. The van der Waals surface area contributed by atoms with Gasteiger partial charge < -0.3 is 4.57 Å². The number of aromatic nitrogens is 4. The fraction of sp³-hybridized carbons (Fsp3) is 0.143. The summed E-state index contributed by atoms with van der Waals surface area (Å²) in [4.78, 5) is 26.0. The number of nitrogens with zero attached hydrogens (tertiary/aromatic N) is 3. The van der Waals surface area contributed by atoms with E-state index in [2.05, 4.69) is 21.0 Å². The van der Waals surface area contributed by atoms with E-state index in [9.17, 15) is 14.0 Å². The molecule has 0 radical (unpaired) electrons. The largest absolute Gasteiger partial charge is 0.318 e. The van der Waals surface area contributed by atoms with E-state index >= 15 is 0 Å². The van der Waals surface area contributed by atoms with E-state index in [1.807, 2.05) is 29.0 Å². The van der Waals surface area contributed by atoms with Crippen molar-refractivity contribution in [2.45, 2.75) is 20.4 Å².